The molecule has 2 rings (SSSR count). The molecule has 0 spiro atoms. The van der Waals surface area contributed by atoms with E-state index in [2.05, 4.69) is 15.5 Å². The first kappa shape index (κ1) is 13.8. The second-order valence-corrected chi connectivity index (χ2v) is 4.85. The molecule has 5 nitrogen and oxygen atoms in total. The Morgan fingerprint density at radius 3 is 2.84 bits per heavy atom. The monoisotopic (exact) mass is 263 g/mol. The third-order valence-corrected chi connectivity index (χ3v) is 3.39. The first-order chi connectivity index (χ1) is 9.16. The SMILES string of the molecule is Cc1ccc(C(=O)NCCN2CCNCC2)cc1O. The van der Waals surface area contributed by atoms with Crippen LogP contribution < -0.4 is 10.6 Å². The Balaban J connectivity index is 1.78. The van der Waals surface area contributed by atoms with E-state index in [-0.39, 0.29) is 11.7 Å². The molecule has 5 heteroatoms. The normalized spacial score (nSPS) is 16.3. The number of nitrogens with one attached hydrogen (secondary N) is 2. The van der Waals surface area contributed by atoms with Crippen molar-refractivity contribution < 1.29 is 9.90 Å². The molecule has 1 aromatic carbocycles. The summed E-state index contributed by atoms with van der Waals surface area (Å²) >= 11 is 0. The highest BCUT2D eigenvalue weighted by atomic mass is 16.3. The van der Waals surface area contributed by atoms with Crippen molar-refractivity contribution in [3.05, 3.63) is 29.3 Å². The summed E-state index contributed by atoms with van der Waals surface area (Å²) in [6.45, 7) is 7.39. The molecule has 1 aromatic rings. The summed E-state index contributed by atoms with van der Waals surface area (Å²) in [5.41, 5.74) is 1.28. The number of piperazine rings is 1. The van der Waals surface area contributed by atoms with Crippen molar-refractivity contribution in [2.45, 2.75) is 6.92 Å². The summed E-state index contributed by atoms with van der Waals surface area (Å²) in [4.78, 5) is 14.2. The quantitative estimate of drug-likeness (QED) is 0.733. The minimum atomic E-state index is -0.134. The van der Waals surface area contributed by atoms with E-state index < -0.39 is 0 Å². The van der Waals surface area contributed by atoms with Crippen LogP contribution in [0, 0.1) is 6.92 Å². The maximum atomic E-state index is 11.9. The van der Waals surface area contributed by atoms with Gasteiger partial charge in [0.05, 0.1) is 0 Å². The Kier molecular flexibility index (Phi) is 4.76. The molecule has 104 valence electrons. The number of nitrogens with zero attached hydrogens (tertiary/aromatic N) is 1. The molecular weight excluding hydrogens is 242 g/mol. The number of phenols is 1. The zero-order chi connectivity index (χ0) is 13.7. The molecule has 1 saturated heterocycles. The largest absolute Gasteiger partial charge is 0.508 e. The van der Waals surface area contributed by atoms with Gasteiger partial charge in [-0.2, -0.15) is 0 Å². The van der Waals surface area contributed by atoms with Gasteiger partial charge < -0.3 is 15.7 Å². The van der Waals surface area contributed by atoms with Crippen molar-refractivity contribution >= 4 is 5.91 Å². The van der Waals surface area contributed by atoms with Crippen molar-refractivity contribution in [3.8, 4) is 5.75 Å². The minimum absolute atomic E-state index is 0.134. The third kappa shape index (κ3) is 3.94. The smallest absolute Gasteiger partial charge is 0.251 e. The Hall–Kier alpha value is -1.59. The van der Waals surface area contributed by atoms with Gasteiger partial charge in [0.15, 0.2) is 0 Å². The summed E-state index contributed by atoms with van der Waals surface area (Å²) in [5, 5.41) is 15.8. The highest BCUT2D eigenvalue weighted by molar-refractivity contribution is 5.94. The number of hydrogen-bond donors (Lipinski definition) is 3. The maximum absolute atomic E-state index is 11.9. The molecule has 0 bridgehead atoms. The molecule has 0 aromatic heterocycles. The predicted molar refractivity (Wildman–Crippen MR) is 74.5 cm³/mol. The number of rotatable bonds is 4. The summed E-state index contributed by atoms with van der Waals surface area (Å²) in [6.07, 6.45) is 0. The van der Waals surface area contributed by atoms with Gasteiger partial charge in [-0.15, -0.1) is 0 Å². The van der Waals surface area contributed by atoms with E-state index in [1.807, 2.05) is 0 Å². The number of phenolic OH excluding ortho intramolecular Hbond substituents is 1. The standard InChI is InChI=1S/C14H21N3O2/c1-11-2-3-12(10-13(11)18)14(19)16-6-9-17-7-4-15-5-8-17/h2-3,10,15,18H,4-9H2,1H3,(H,16,19). The molecule has 1 heterocycles. The molecule has 3 N–H and O–H groups in total. The number of carbonyl (C=O) groups is 1. The van der Waals surface area contributed by atoms with Crippen LogP contribution in [0.4, 0.5) is 0 Å². The molecular formula is C14H21N3O2. The fourth-order valence-electron chi connectivity index (χ4n) is 2.11. The second kappa shape index (κ2) is 6.54. The van der Waals surface area contributed by atoms with E-state index in [1.165, 1.54) is 6.07 Å². The van der Waals surface area contributed by atoms with E-state index >= 15 is 0 Å². The molecule has 0 unspecified atom stereocenters. The van der Waals surface area contributed by atoms with Crippen LogP contribution in [0.15, 0.2) is 18.2 Å². The summed E-state index contributed by atoms with van der Waals surface area (Å²) < 4.78 is 0. The molecule has 0 atom stereocenters. The number of carbonyl (C=O) groups excluding carboxylic acids is 1. The minimum Gasteiger partial charge on any atom is -0.508 e. The van der Waals surface area contributed by atoms with Crippen LogP contribution in [0.2, 0.25) is 0 Å². The summed E-state index contributed by atoms with van der Waals surface area (Å²) in [7, 11) is 0. The summed E-state index contributed by atoms with van der Waals surface area (Å²) in [6, 6.07) is 4.99. The van der Waals surface area contributed by atoms with Gasteiger partial charge in [0.25, 0.3) is 5.91 Å². The highest BCUT2D eigenvalue weighted by Gasteiger charge is 2.10. The predicted octanol–water partition coefficient (Wildman–Crippen LogP) is 0.336. The zero-order valence-corrected chi connectivity index (χ0v) is 11.3. The van der Waals surface area contributed by atoms with Gasteiger partial charge in [-0.3, -0.25) is 9.69 Å². The van der Waals surface area contributed by atoms with E-state index in [1.54, 1.807) is 19.1 Å². The number of aryl methyl sites for hydroxylation is 1. The lowest BCUT2D eigenvalue weighted by atomic mass is 10.1. The van der Waals surface area contributed by atoms with E-state index in [0.29, 0.717) is 12.1 Å². The number of aromatic hydroxyl groups is 1. The number of hydrogen-bond acceptors (Lipinski definition) is 4. The second-order valence-electron chi connectivity index (χ2n) is 4.85. The van der Waals surface area contributed by atoms with Crippen molar-refractivity contribution in [3.63, 3.8) is 0 Å². The zero-order valence-electron chi connectivity index (χ0n) is 11.3. The maximum Gasteiger partial charge on any atom is 0.251 e. The van der Waals surface area contributed by atoms with E-state index in [0.717, 1.165) is 38.3 Å². The van der Waals surface area contributed by atoms with Gasteiger partial charge in [0, 0.05) is 44.8 Å². The van der Waals surface area contributed by atoms with E-state index in [9.17, 15) is 9.90 Å². The average Bonchev–Trinajstić information content (AvgIpc) is 2.43. The van der Waals surface area contributed by atoms with Crippen molar-refractivity contribution in [2.75, 3.05) is 39.3 Å². The van der Waals surface area contributed by atoms with Crippen LogP contribution in [0.25, 0.3) is 0 Å². The molecule has 1 fully saturated rings. The Bertz CT molecular complexity index is 442. The van der Waals surface area contributed by atoms with Crippen LogP contribution in [0.3, 0.4) is 0 Å². The molecule has 0 saturated carbocycles. The van der Waals surface area contributed by atoms with Gasteiger partial charge in [-0.25, -0.2) is 0 Å². The van der Waals surface area contributed by atoms with Crippen molar-refractivity contribution in [2.24, 2.45) is 0 Å². The van der Waals surface area contributed by atoms with Gasteiger partial charge in [-0.1, -0.05) is 6.07 Å². The molecule has 19 heavy (non-hydrogen) atoms. The van der Waals surface area contributed by atoms with Crippen LogP contribution in [-0.4, -0.2) is 55.2 Å². The van der Waals surface area contributed by atoms with Crippen LogP contribution in [0.1, 0.15) is 15.9 Å². The van der Waals surface area contributed by atoms with E-state index in [4.69, 9.17) is 0 Å². The molecule has 0 radical (unpaired) electrons. The van der Waals surface area contributed by atoms with Gasteiger partial charge in [0.1, 0.15) is 5.75 Å². The third-order valence-electron chi connectivity index (χ3n) is 3.39. The molecule has 1 aliphatic rings. The Morgan fingerprint density at radius 2 is 2.16 bits per heavy atom. The molecule has 0 aliphatic carbocycles. The number of amides is 1. The van der Waals surface area contributed by atoms with Crippen LogP contribution in [0.5, 0.6) is 5.75 Å². The lowest BCUT2D eigenvalue weighted by Crippen LogP contribution is -2.46. The topological polar surface area (TPSA) is 64.6 Å². The Labute approximate surface area is 113 Å². The first-order valence-electron chi connectivity index (χ1n) is 6.68. The van der Waals surface area contributed by atoms with Crippen molar-refractivity contribution in [1.82, 2.24) is 15.5 Å². The average molecular weight is 263 g/mol. The van der Waals surface area contributed by atoms with Crippen LogP contribution in [-0.2, 0) is 0 Å². The lowest BCUT2D eigenvalue weighted by Gasteiger charge is -2.27. The summed E-state index contributed by atoms with van der Waals surface area (Å²) in [5.74, 6) is 0.0280. The molecule has 1 aliphatic heterocycles. The fourth-order valence-corrected chi connectivity index (χ4v) is 2.11. The first-order valence-corrected chi connectivity index (χ1v) is 6.68. The fraction of sp³-hybridized carbons (Fsp3) is 0.500. The van der Waals surface area contributed by atoms with Gasteiger partial charge in [0.2, 0.25) is 0 Å². The van der Waals surface area contributed by atoms with Gasteiger partial charge in [-0.05, 0) is 24.6 Å². The van der Waals surface area contributed by atoms with Crippen LogP contribution >= 0.6 is 0 Å². The molecule has 1 amide bonds. The Morgan fingerprint density at radius 1 is 1.42 bits per heavy atom. The van der Waals surface area contributed by atoms with Crippen molar-refractivity contribution in [1.29, 1.82) is 0 Å². The lowest BCUT2D eigenvalue weighted by molar-refractivity contribution is 0.0947. The number of benzene rings is 1. The highest BCUT2D eigenvalue weighted by Crippen LogP contribution is 2.17. The van der Waals surface area contributed by atoms with Gasteiger partial charge >= 0.3 is 0 Å².